The molecule has 1 saturated heterocycles. The minimum Gasteiger partial charge on any atom is -0.391 e. The van der Waals surface area contributed by atoms with Crippen LogP contribution in [0, 0.1) is 18.6 Å². The summed E-state index contributed by atoms with van der Waals surface area (Å²) in [5.74, 6) is -1.67. The fourth-order valence-electron chi connectivity index (χ4n) is 2.75. The average Bonchev–Trinajstić information content (AvgIpc) is 2.91. The summed E-state index contributed by atoms with van der Waals surface area (Å²) in [5, 5.41) is 9.89. The summed E-state index contributed by atoms with van der Waals surface area (Å²) in [6, 6.07) is 2.35. The molecule has 1 amide bonds. The number of carbonyl (C=O) groups is 1. The molecule has 0 saturated carbocycles. The van der Waals surface area contributed by atoms with Crippen LogP contribution in [0.15, 0.2) is 30.6 Å². The molecule has 7 heteroatoms. The number of hydrogen-bond acceptors (Lipinski definition) is 4. The van der Waals surface area contributed by atoms with Gasteiger partial charge in [0.1, 0.15) is 17.3 Å². The van der Waals surface area contributed by atoms with Crippen molar-refractivity contribution in [1.29, 1.82) is 0 Å². The number of nitrogens with zero attached hydrogens (tertiary/aromatic N) is 3. The van der Waals surface area contributed by atoms with Crippen molar-refractivity contribution < 1.29 is 18.7 Å². The lowest BCUT2D eigenvalue weighted by molar-refractivity contribution is 0.0707. The number of aliphatic hydroxyl groups is 1. The maximum Gasteiger partial charge on any atom is 0.274 e. The number of aryl methyl sites for hydroxylation is 1. The number of carbonyl (C=O) groups excluding carboxylic acids is 1. The molecule has 23 heavy (non-hydrogen) atoms. The molecule has 1 N–H and O–H groups in total. The van der Waals surface area contributed by atoms with Crippen molar-refractivity contribution in [3.05, 3.63) is 59.2 Å². The Morgan fingerprint density at radius 1 is 1.30 bits per heavy atom. The van der Waals surface area contributed by atoms with E-state index in [4.69, 9.17) is 0 Å². The van der Waals surface area contributed by atoms with Crippen molar-refractivity contribution in [2.24, 2.45) is 0 Å². The summed E-state index contributed by atoms with van der Waals surface area (Å²) >= 11 is 0. The van der Waals surface area contributed by atoms with Gasteiger partial charge >= 0.3 is 0 Å². The Labute approximate surface area is 131 Å². The summed E-state index contributed by atoms with van der Waals surface area (Å²) < 4.78 is 27.5. The van der Waals surface area contributed by atoms with Crippen molar-refractivity contribution in [1.82, 2.24) is 14.9 Å². The third kappa shape index (κ3) is 3.05. The van der Waals surface area contributed by atoms with Crippen LogP contribution in [0.25, 0.3) is 0 Å². The number of rotatable bonds is 2. The first-order valence-electron chi connectivity index (χ1n) is 7.18. The zero-order valence-electron chi connectivity index (χ0n) is 12.4. The van der Waals surface area contributed by atoms with Gasteiger partial charge in [0.2, 0.25) is 0 Å². The molecular formula is C16H15F2N3O2. The molecule has 2 atom stereocenters. The Morgan fingerprint density at radius 3 is 2.78 bits per heavy atom. The molecule has 1 aliphatic rings. The zero-order chi connectivity index (χ0) is 16.6. The van der Waals surface area contributed by atoms with Gasteiger partial charge in [0.15, 0.2) is 0 Å². The van der Waals surface area contributed by atoms with E-state index in [1.807, 2.05) is 0 Å². The van der Waals surface area contributed by atoms with Gasteiger partial charge in [-0.2, -0.15) is 0 Å². The monoisotopic (exact) mass is 319 g/mol. The predicted octanol–water partition coefficient (Wildman–Crippen LogP) is 2.01. The normalized spacial score (nSPS) is 20.8. The highest BCUT2D eigenvalue weighted by atomic mass is 19.1. The molecule has 2 aromatic rings. The van der Waals surface area contributed by atoms with Gasteiger partial charge in [0.25, 0.3) is 5.91 Å². The number of likely N-dealkylation sites (tertiary alicyclic amines) is 1. The van der Waals surface area contributed by atoms with Crippen molar-refractivity contribution in [3.63, 3.8) is 0 Å². The zero-order valence-corrected chi connectivity index (χ0v) is 12.4. The third-order valence-electron chi connectivity index (χ3n) is 3.86. The van der Waals surface area contributed by atoms with Crippen molar-refractivity contribution in [2.75, 3.05) is 6.54 Å². The van der Waals surface area contributed by atoms with Gasteiger partial charge in [-0.15, -0.1) is 0 Å². The Balaban J connectivity index is 1.95. The molecule has 0 aliphatic carbocycles. The van der Waals surface area contributed by atoms with Crippen molar-refractivity contribution >= 4 is 5.91 Å². The molecule has 120 valence electrons. The van der Waals surface area contributed by atoms with E-state index in [1.165, 1.54) is 17.3 Å². The second-order valence-electron chi connectivity index (χ2n) is 5.57. The lowest BCUT2D eigenvalue weighted by atomic mass is 10.0. The highest BCUT2D eigenvalue weighted by molar-refractivity contribution is 5.92. The van der Waals surface area contributed by atoms with E-state index < -0.39 is 29.7 Å². The van der Waals surface area contributed by atoms with Crippen molar-refractivity contribution in [2.45, 2.75) is 25.5 Å². The Hall–Kier alpha value is -2.41. The van der Waals surface area contributed by atoms with Crippen LogP contribution in [-0.4, -0.2) is 38.5 Å². The van der Waals surface area contributed by atoms with Crippen LogP contribution in [0.5, 0.6) is 0 Å². The Kier molecular flexibility index (Phi) is 4.04. The maximum absolute atomic E-state index is 14.0. The molecule has 1 aliphatic heterocycles. The standard InChI is InChI=1S/C16H15F2N3O2/c1-9-6-20-14(7-19-9)16(23)21-8-11(22)5-15(21)12-4-10(17)2-3-13(12)18/h2-4,6-7,11,15,22H,5,8H2,1H3/t11-,15+/m0/s1. The smallest absolute Gasteiger partial charge is 0.274 e. The first-order chi connectivity index (χ1) is 11.0. The first kappa shape index (κ1) is 15.5. The summed E-state index contributed by atoms with van der Waals surface area (Å²) in [7, 11) is 0. The molecule has 2 heterocycles. The quantitative estimate of drug-likeness (QED) is 0.919. The van der Waals surface area contributed by atoms with E-state index in [-0.39, 0.29) is 24.2 Å². The number of aliphatic hydroxyl groups excluding tert-OH is 1. The molecule has 0 unspecified atom stereocenters. The van der Waals surface area contributed by atoms with E-state index >= 15 is 0 Å². The largest absolute Gasteiger partial charge is 0.391 e. The molecule has 5 nitrogen and oxygen atoms in total. The van der Waals surface area contributed by atoms with Crippen LogP contribution in [-0.2, 0) is 0 Å². The van der Waals surface area contributed by atoms with Gasteiger partial charge in [-0.3, -0.25) is 9.78 Å². The molecule has 1 aromatic carbocycles. The molecule has 3 rings (SSSR count). The van der Waals surface area contributed by atoms with Gasteiger partial charge in [-0.25, -0.2) is 13.8 Å². The van der Waals surface area contributed by atoms with Crippen LogP contribution in [0.1, 0.15) is 34.2 Å². The number of aromatic nitrogens is 2. The lowest BCUT2D eigenvalue weighted by Gasteiger charge is -2.24. The van der Waals surface area contributed by atoms with E-state index in [0.29, 0.717) is 5.69 Å². The minimum absolute atomic E-state index is 0.0367. The van der Waals surface area contributed by atoms with Gasteiger partial charge in [-0.1, -0.05) is 0 Å². The predicted molar refractivity (Wildman–Crippen MR) is 77.5 cm³/mol. The lowest BCUT2D eigenvalue weighted by Crippen LogP contribution is -2.32. The minimum atomic E-state index is -0.801. The van der Waals surface area contributed by atoms with Gasteiger partial charge in [0.05, 0.1) is 24.0 Å². The second-order valence-corrected chi connectivity index (χ2v) is 5.57. The number of β-amino-alcohol motifs (C(OH)–C–C–N with tert-alkyl or cyclic N) is 1. The van der Waals surface area contributed by atoms with Crippen LogP contribution in [0.2, 0.25) is 0 Å². The van der Waals surface area contributed by atoms with Crippen LogP contribution in [0.3, 0.4) is 0 Å². The van der Waals surface area contributed by atoms with Gasteiger partial charge < -0.3 is 10.0 Å². The maximum atomic E-state index is 14.0. The summed E-state index contributed by atoms with van der Waals surface area (Å²) in [6.07, 6.45) is 2.13. The number of halogens is 2. The van der Waals surface area contributed by atoms with Gasteiger partial charge in [-0.05, 0) is 31.5 Å². The van der Waals surface area contributed by atoms with Crippen molar-refractivity contribution in [3.8, 4) is 0 Å². The summed E-state index contributed by atoms with van der Waals surface area (Å²) in [5.41, 5.74) is 0.817. The molecular weight excluding hydrogens is 304 g/mol. The number of hydrogen-bond donors (Lipinski definition) is 1. The van der Waals surface area contributed by atoms with Gasteiger partial charge in [0, 0.05) is 18.3 Å². The van der Waals surface area contributed by atoms with E-state index in [9.17, 15) is 18.7 Å². The second kappa shape index (κ2) is 6.00. The van der Waals surface area contributed by atoms with Crippen LogP contribution >= 0.6 is 0 Å². The topological polar surface area (TPSA) is 66.3 Å². The SMILES string of the molecule is Cc1cnc(C(=O)N2C[C@@H](O)C[C@@H]2c2cc(F)ccc2F)cn1. The van der Waals surface area contributed by atoms with Crippen LogP contribution in [0.4, 0.5) is 8.78 Å². The third-order valence-corrected chi connectivity index (χ3v) is 3.86. The van der Waals surface area contributed by atoms with E-state index in [1.54, 1.807) is 6.92 Å². The fourth-order valence-corrected chi connectivity index (χ4v) is 2.75. The molecule has 0 bridgehead atoms. The Bertz CT molecular complexity index is 737. The molecule has 1 fully saturated rings. The number of benzene rings is 1. The summed E-state index contributed by atoms with van der Waals surface area (Å²) in [4.78, 5) is 21.9. The fraction of sp³-hybridized carbons (Fsp3) is 0.312. The van der Waals surface area contributed by atoms with E-state index in [0.717, 1.165) is 18.2 Å². The Morgan fingerprint density at radius 2 is 2.09 bits per heavy atom. The van der Waals surface area contributed by atoms with E-state index in [2.05, 4.69) is 9.97 Å². The van der Waals surface area contributed by atoms with Crippen LogP contribution < -0.4 is 0 Å². The molecule has 0 spiro atoms. The average molecular weight is 319 g/mol. The first-order valence-corrected chi connectivity index (χ1v) is 7.18. The summed E-state index contributed by atoms with van der Waals surface area (Å²) in [6.45, 7) is 1.78. The number of amides is 1. The highest BCUT2D eigenvalue weighted by Gasteiger charge is 2.37. The molecule has 0 radical (unpaired) electrons. The molecule has 1 aromatic heterocycles. The highest BCUT2D eigenvalue weighted by Crippen LogP contribution is 2.34.